The van der Waals surface area contributed by atoms with Gasteiger partial charge in [-0.25, -0.2) is 4.79 Å². The van der Waals surface area contributed by atoms with Crippen LogP contribution < -0.4 is 0 Å². The molecule has 1 rings (SSSR count). The standard InChI is InChI=1S/C5H3NO4S/c7-5(8)4-3(6(9)10)1-2-11-4/h1-2H,(H,7,8). The topological polar surface area (TPSA) is 80.4 Å². The first-order chi connectivity index (χ1) is 5.13. The van der Waals surface area contributed by atoms with Crippen LogP contribution in [0.3, 0.4) is 0 Å². The molecule has 1 heterocycles. The second-order valence-corrected chi connectivity index (χ2v) is 2.61. The lowest BCUT2D eigenvalue weighted by molar-refractivity contribution is -0.384. The largest absolute Gasteiger partial charge is 0.477 e. The number of carboxylic acids is 1. The van der Waals surface area contributed by atoms with Crippen LogP contribution in [-0.4, -0.2) is 16.0 Å². The zero-order valence-corrected chi connectivity index (χ0v) is 6.00. The summed E-state index contributed by atoms with van der Waals surface area (Å²) in [5.74, 6) is -1.26. The molecule has 58 valence electrons. The third-order valence-electron chi connectivity index (χ3n) is 1.04. The number of thiophene rings is 1. The smallest absolute Gasteiger partial charge is 0.353 e. The summed E-state index contributed by atoms with van der Waals surface area (Å²) in [6.45, 7) is 0. The molecule has 0 spiro atoms. The van der Waals surface area contributed by atoms with Crippen LogP contribution in [-0.2, 0) is 0 Å². The Bertz CT molecular complexity index is 277. The molecular formula is C5H3NO4S. The molecule has 1 aromatic rings. The minimum absolute atomic E-state index is 0.227. The molecule has 6 heteroatoms. The molecule has 1 N–H and O–H groups in total. The Hall–Kier alpha value is -1.43. The normalized spacial score (nSPS) is 9.45. The summed E-state index contributed by atoms with van der Waals surface area (Å²) < 4.78 is 0. The first-order valence-corrected chi connectivity index (χ1v) is 3.46. The van der Waals surface area contributed by atoms with Gasteiger partial charge >= 0.3 is 5.97 Å². The van der Waals surface area contributed by atoms with E-state index >= 15 is 0 Å². The molecule has 0 radical (unpaired) electrons. The molecule has 0 aromatic carbocycles. The van der Waals surface area contributed by atoms with Crippen molar-refractivity contribution in [1.29, 1.82) is 0 Å². The van der Waals surface area contributed by atoms with Crippen molar-refractivity contribution in [3.63, 3.8) is 0 Å². The van der Waals surface area contributed by atoms with E-state index in [0.29, 0.717) is 0 Å². The maximum atomic E-state index is 10.3. The molecule has 1 aromatic heterocycles. The zero-order chi connectivity index (χ0) is 8.43. The molecule has 0 saturated heterocycles. The summed E-state index contributed by atoms with van der Waals surface area (Å²) in [6, 6.07) is 1.17. The minimum Gasteiger partial charge on any atom is -0.477 e. The third kappa shape index (κ3) is 1.35. The van der Waals surface area contributed by atoms with Gasteiger partial charge in [0.1, 0.15) is 0 Å². The number of nitrogens with zero attached hydrogens (tertiary/aromatic N) is 1. The van der Waals surface area contributed by atoms with E-state index in [1.807, 2.05) is 0 Å². The summed E-state index contributed by atoms with van der Waals surface area (Å²) in [6.07, 6.45) is 0. The molecule has 0 bridgehead atoms. The Kier molecular flexibility index (Phi) is 1.86. The van der Waals surface area contributed by atoms with E-state index in [2.05, 4.69) is 0 Å². The molecule has 0 atom stereocenters. The van der Waals surface area contributed by atoms with Gasteiger partial charge in [-0.05, 0) is 5.38 Å². The Labute approximate surface area is 65.0 Å². The van der Waals surface area contributed by atoms with Gasteiger partial charge in [-0.1, -0.05) is 0 Å². The molecule has 0 saturated carbocycles. The van der Waals surface area contributed by atoms with E-state index in [1.54, 1.807) is 0 Å². The molecule has 0 fully saturated rings. The second-order valence-electron chi connectivity index (χ2n) is 1.70. The van der Waals surface area contributed by atoms with Crippen molar-refractivity contribution in [3.8, 4) is 0 Å². The molecule has 11 heavy (non-hydrogen) atoms. The van der Waals surface area contributed by atoms with E-state index in [1.165, 1.54) is 11.4 Å². The minimum atomic E-state index is -1.26. The fraction of sp³-hybridized carbons (Fsp3) is 0. The van der Waals surface area contributed by atoms with E-state index in [-0.39, 0.29) is 10.6 Å². The molecule has 0 amide bonds. The summed E-state index contributed by atoms with van der Waals surface area (Å²) in [5.41, 5.74) is -0.345. The van der Waals surface area contributed by atoms with E-state index in [4.69, 9.17) is 5.11 Å². The summed E-state index contributed by atoms with van der Waals surface area (Å²) >= 11 is 0.845. The molecule has 0 aliphatic heterocycles. The first-order valence-electron chi connectivity index (χ1n) is 2.58. The SMILES string of the molecule is O=C(O)c1sccc1[N+](=O)[O-]. The lowest BCUT2D eigenvalue weighted by atomic mass is 10.4. The number of aromatic carboxylic acids is 1. The van der Waals surface area contributed by atoms with Crippen LogP contribution in [0.4, 0.5) is 5.69 Å². The maximum absolute atomic E-state index is 10.3. The molecule has 5 nitrogen and oxygen atoms in total. The summed E-state index contributed by atoms with van der Waals surface area (Å²) in [5, 5.41) is 19.9. The van der Waals surface area contributed by atoms with Crippen LogP contribution in [0, 0.1) is 10.1 Å². The van der Waals surface area contributed by atoms with Crippen molar-refractivity contribution >= 4 is 23.0 Å². The number of hydrogen-bond donors (Lipinski definition) is 1. The monoisotopic (exact) mass is 173 g/mol. The van der Waals surface area contributed by atoms with Gasteiger partial charge in [-0.2, -0.15) is 0 Å². The van der Waals surface area contributed by atoms with Gasteiger partial charge in [0.25, 0.3) is 5.69 Å². The molecular weight excluding hydrogens is 170 g/mol. The van der Waals surface area contributed by atoms with Crippen molar-refractivity contribution in [2.45, 2.75) is 0 Å². The number of carbonyl (C=O) groups is 1. The van der Waals surface area contributed by atoms with Crippen LogP contribution in [0.5, 0.6) is 0 Å². The third-order valence-corrected chi connectivity index (χ3v) is 1.93. The van der Waals surface area contributed by atoms with Crippen molar-refractivity contribution < 1.29 is 14.8 Å². The number of nitro groups is 1. The van der Waals surface area contributed by atoms with Crippen molar-refractivity contribution in [3.05, 3.63) is 26.4 Å². The van der Waals surface area contributed by atoms with Crippen molar-refractivity contribution in [2.75, 3.05) is 0 Å². The van der Waals surface area contributed by atoms with Gasteiger partial charge in [0.05, 0.1) is 4.92 Å². The highest BCUT2D eigenvalue weighted by Gasteiger charge is 2.20. The highest BCUT2D eigenvalue weighted by Crippen LogP contribution is 2.23. The predicted molar refractivity (Wildman–Crippen MR) is 37.9 cm³/mol. The molecule has 0 aliphatic carbocycles. The van der Waals surface area contributed by atoms with Gasteiger partial charge in [-0.3, -0.25) is 10.1 Å². The predicted octanol–water partition coefficient (Wildman–Crippen LogP) is 1.35. The Morgan fingerprint density at radius 3 is 2.73 bits per heavy atom. The summed E-state index contributed by atoms with van der Waals surface area (Å²) in [4.78, 5) is 19.5. The number of carboxylic acid groups (broad SMARTS) is 1. The maximum Gasteiger partial charge on any atom is 0.353 e. The van der Waals surface area contributed by atoms with Crippen LogP contribution in [0.2, 0.25) is 0 Å². The lowest BCUT2D eigenvalue weighted by Crippen LogP contribution is -1.97. The fourth-order valence-electron chi connectivity index (χ4n) is 0.606. The van der Waals surface area contributed by atoms with Crippen molar-refractivity contribution in [1.82, 2.24) is 0 Å². The van der Waals surface area contributed by atoms with Crippen LogP contribution in [0.15, 0.2) is 11.4 Å². The highest BCUT2D eigenvalue weighted by molar-refractivity contribution is 7.12. The highest BCUT2D eigenvalue weighted by atomic mass is 32.1. The fourth-order valence-corrected chi connectivity index (χ4v) is 1.30. The van der Waals surface area contributed by atoms with Crippen LogP contribution in [0.1, 0.15) is 9.67 Å². The van der Waals surface area contributed by atoms with Gasteiger partial charge in [-0.15, -0.1) is 11.3 Å². The lowest BCUT2D eigenvalue weighted by Gasteiger charge is -1.86. The van der Waals surface area contributed by atoms with Crippen molar-refractivity contribution in [2.24, 2.45) is 0 Å². The van der Waals surface area contributed by atoms with Crippen LogP contribution in [0.25, 0.3) is 0 Å². The Morgan fingerprint density at radius 1 is 1.73 bits per heavy atom. The first kappa shape index (κ1) is 7.67. The Balaban J connectivity index is 3.16. The summed E-state index contributed by atoms with van der Waals surface area (Å²) in [7, 11) is 0. The van der Waals surface area contributed by atoms with Gasteiger partial charge in [0.2, 0.25) is 0 Å². The number of hydrogen-bond acceptors (Lipinski definition) is 4. The Morgan fingerprint density at radius 2 is 2.36 bits per heavy atom. The van der Waals surface area contributed by atoms with Crippen LogP contribution >= 0.6 is 11.3 Å². The zero-order valence-electron chi connectivity index (χ0n) is 5.18. The van der Waals surface area contributed by atoms with Gasteiger partial charge < -0.3 is 5.11 Å². The quantitative estimate of drug-likeness (QED) is 0.540. The molecule has 0 aliphatic rings. The second kappa shape index (κ2) is 2.67. The number of rotatable bonds is 2. The van der Waals surface area contributed by atoms with Gasteiger partial charge in [0.15, 0.2) is 4.88 Å². The average Bonchev–Trinajstić information content (AvgIpc) is 2.32. The van der Waals surface area contributed by atoms with E-state index < -0.39 is 10.9 Å². The van der Waals surface area contributed by atoms with E-state index in [9.17, 15) is 14.9 Å². The molecule has 0 unspecified atom stereocenters. The van der Waals surface area contributed by atoms with E-state index in [0.717, 1.165) is 11.3 Å². The average molecular weight is 173 g/mol. The van der Waals surface area contributed by atoms with Gasteiger partial charge in [0, 0.05) is 6.07 Å².